The summed E-state index contributed by atoms with van der Waals surface area (Å²) in [5.74, 6) is -0.268. The summed E-state index contributed by atoms with van der Waals surface area (Å²) in [7, 11) is 0. The quantitative estimate of drug-likeness (QED) is 0.612. The minimum atomic E-state index is -0.316. The Morgan fingerprint density at radius 3 is 2.55 bits per heavy atom. The van der Waals surface area contributed by atoms with Gasteiger partial charge in [0.1, 0.15) is 11.6 Å². The van der Waals surface area contributed by atoms with Crippen molar-refractivity contribution in [2.75, 3.05) is 18.5 Å². The normalized spacial score (nSPS) is 12.3. The maximum absolute atomic E-state index is 13.3. The van der Waals surface area contributed by atoms with Crippen LogP contribution in [0, 0.1) is 5.82 Å². The Labute approximate surface area is 179 Å². The molecule has 160 valence electrons. The van der Waals surface area contributed by atoms with Gasteiger partial charge in [-0.3, -0.25) is 9.59 Å². The number of ether oxygens (including phenoxy) is 1. The molecule has 2 amide bonds. The van der Waals surface area contributed by atoms with Crippen molar-refractivity contribution in [1.29, 1.82) is 0 Å². The molecule has 1 aliphatic rings. The second kappa shape index (κ2) is 8.99. The minimum Gasteiger partial charge on any atom is -0.484 e. The second-order valence-electron chi connectivity index (χ2n) is 7.24. The van der Waals surface area contributed by atoms with E-state index >= 15 is 0 Å². The fourth-order valence-corrected chi connectivity index (χ4v) is 3.64. The number of nitrogens with zero attached hydrogens (tertiary/aromatic N) is 2. The van der Waals surface area contributed by atoms with E-state index in [-0.39, 0.29) is 24.2 Å². The van der Waals surface area contributed by atoms with Gasteiger partial charge in [-0.2, -0.15) is 5.10 Å². The summed E-state index contributed by atoms with van der Waals surface area (Å²) in [6, 6.07) is 12.9. The van der Waals surface area contributed by atoms with E-state index in [1.165, 1.54) is 12.1 Å². The third-order valence-corrected chi connectivity index (χ3v) is 5.07. The molecular weight excluding hydrogens is 399 g/mol. The summed E-state index contributed by atoms with van der Waals surface area (Å²) >= 11 is 0. The third-order valence-electron chi connectivity index (χ3n) is 5.07. The van der Waals surface area contributed by atoms with E-state index in [4.69, 9.17) is 4.74 Å². The van der Waals surface area contributed by atoms with E-state index in [2.05, 4.69) is 15.7 Å². The van der Waals surface area contributed by atoms with Crippen molar-refractivity contribution in [1.82, 2.24) is 15.1 Å². The van der Waals surface area contributed by atoms with Gasteiger partial charge in [-0.25, -0.2) is 9.07 Å². The fourth-order valence-electron chi connectivity index (χ4n) is 3.64. The van der Waals surface area contributed by atoms with Crippen LogP contribution in [0.25, 0.3) is 5.69 Å². The number of hydrogen-bond acceptors (Lipinski definition) is 4. The molecule has 0 spiro atoms. The van der Waals surface area contributed by atoms with Gasteiger partial charge in [0.2, 0.25) is 0 Å². The van der Waals surface area contributed by atoms with Gasteiger partial charge in [-0.1, -0.05) is 0 Å². The van der Waals surface area contributed by atoms with Crippen molar-refractivity contribution in [2.24, 2.45) is 0 Å². The van der Waals surface area contributed by atoms with Crippen LogP contribution in [-0.4, -0.2) is 34.7 Å². The summed E-state index contributed by atoms with van der Waals surface area (Å²) in [6.07, 6.45) is 2.56. The molecule has 0 saturated carbocycles. The SMILES string of the molecule is CCNC(=O)COc1ccc(NC(=O)c2nn(-c3ccc(F)cc3)c3c2CCC3)cc1. The monoisotopic (exact) mass is 422 g/mol. The molecule has 1 aromatic heterocycles. The minimum absolute atomic E-state index is 0.0630. The van der Waals surface area contributed by atoms with E-state index in [9.17, 15) is 14.0 Å². The number of nitrogens with one attached hydrogen (secondary N) is 2. The number of amides is 2. The van der Waals surface area contributed by atoms with Gasteiger partial charge in [0.05, 0.1) is 5.69 Å². The van der Waals surface area contributed by atoms with Crippen molar-refractivity contribution in [3.63, 3.8) is 0 Å². The second-order valence-corrected chi connectivity index (χ2v) is 7.24. The highest BCUT2D eigenvalue weighted by atomic mass is 19.1. The zero-order chi connectivity index (χ0) is 21.8. The Kier molecular flexibility index (Phi) is 5.97. The van der Waals surface area contributed by atoms with Crippen LogP contribution in [0.3, 0.4) is 0 Å². The molecule has 0 bridgehead atoms. The molecule has 2 N–H and O–H groups in total. The zero-order valence-corrected chi connectivity index (χ0v) is 17.2. The van der Waals surface area contributed by atoms with Gasteiger partial charge in [0.25, 0.3) is 11.8 Å². The molecule has 8 heteroatoms. The number of carbonyl (C=O) groups is 2. The van der Waals surface area contributed by atoms with Gasteiger partial charge >= 0.3 is 0 Å². The van der Waals surface area contributed by atoms with Gasteiger partial charge in [-0.05, 0) is 74.7 Å². The molecule has 0 aliphatic heterocycles. The number of benzene rings is 2. The van der Waals surface area contributed by atoms with Gasteiger partial charge in [0.15, 0.2) is 12.3 Å². The molecule has 0 atom stereocenters. The highest BCUT2D eigenvalue weighted by Gasteiger charge is 2.27. The number of halogens is 1. The third kappa shape index (κ3) is 4.58. The van der Waals surface area contributed by atoms with Gasteiger partial charge in [0, 0.05) is 23.5 Å². The molecule has 4 rings (SSSR count). The number of hydrogen-bond donors (Lipinski definition) is 2. The molecular formula is C23H23FN4O3. The Hall–Kier alpha value is -3.68. The van der Waals surface area contributed by atoms with Crippen molar-refractivity contribution < 1.29 is 18.7 Å². The Morgan fingerprint density at radius 2 is 1.84 bits per heavy atom. The lowest BCUT2D eigenvalue weighted by Gasteiger charge is -2.08. The lowest BCUT2D eigenvalue weighted by atomic mass is 10.2. The molecule has 1 heterocycles. The lowest BCUT2D eigenvalue weighted by molar-refractivity contribution is -0.122. The van der Waals surface area contributed by atoms with Crippen molar-refractivity contribution in [2.45, 2.75) is 26.2 Å². The van der Waals surface area contributed by atoms with Crippen molar-refractivity contribution in [3.8, 4) is 11.4 Å². The first-order valence-corrected chi connectivity index (χ1v) is 10.2. The molecule has 3 aromatic rings. The van der Waals surface area contributed by atoms with Crippen LogP contribution in [0.1, 0.15) is 35.1 Å². The number of anilines is 1. The van der Waals surface area contributed by atoms with E-state index < -0.39 is 0 Å². The van der Waals surface area contributed by atoms with Crippen LogP contribution in [0.5, 0.6) is 5.75 Å². The van der Waals surface area contributed by atoms with E-state index in [0.29, 0.717) is 23.7 Å². The van der Waals surface area contributed by atoms with Crippen LogP contribution in [0.4, 0.5) is 10.1 Å². The predicted octanol–water partition coefficient (Wildman–Crippen LogP) is 3.27. The summed E-state index contributed by atoms with van der Waals surface area (Å²) in [5.41, 5.74) is 3.63. The van der Waals surface area contributed by atoms with E-state index in [1.807, 2.05) is 6.92 Å². The number of fused-ring (bicyclic) bond motifs is 1. The van der Waals surface area contributed by atoms with E-state index in [0.717, 1.165) is 36.2 Å². The zero-order valence-electron chi connectivity index (χ0n) is 17.2. The van der Waals surface area contributed by atoms with Crippen LogP contribution in [-0.2, 0) is 17.6 Å². The Balaban J connectivity index is 1.47. The standard InChI is InChI=1S/C23H23FN4O3/c1-2-25-21(29)14-31-18-12-8-16(9-13-18)26-23(30)22-19-4-3-5-20(19)28(27-22)17-10-6-15(24)7-11-17/h6-13H,2-5,14H2,1H3,(H,25,29)(H,26,30). The average Bonchev–Trinajstić information content (AvgIpc) is 3.37. The fraction of sp³-hybridized carbons (Fsp3) is 0.261. The first-order valence-electron chi connectivity index (χ1n) is 10.2. The molecule has 0 fully saturated rings. The highest BCUT2D eigenvalue weighted by molar-refractivity contribution is 6.04. The molecule has 31 heavy (non-hydrogen) atoms. The maximum atomic E-state index is 13.3. The summed E-state index contributed by atoms with van der Waals surface area (Å²) in [6.45, 7) is 2.33. The predicted molar refractivity (Wildman–Crippen MR) is 114 cm³/mol. The first kappa shape index (κ1) is 20.6. The molecule has 2 aromatic carbocycles. The smallest absolute Gasteiger partial charge is 0.276 e. The van der Waals surface area contributed by atoms with Crippen LogP contribution in [0.2, 0.25) is 0 Å². The molecule has 7 nitrogen and oxygen atoms in total. The van der Waals surface area contributed by atoms with Crippen LogP contribution in [0.15, 0.2) is 48.5 Å². The van der Waals surface area contributed by atoms with Crippen LogP contribution < -0.4 is 15.4 Å². The first-order chi connectivity index (χ1) is 15.0. The van der Waals surface area contributed by atoms with Gasteiger partial charge in [-0.15, -0.1) is 0 Å². The number of rotatable bonds is 7. The molecule has 0 saturated heterocycles. The topological polar surface area (TPSA) is 85.2 Å². The highest BCUT2D eigenvalue weighted by Crippen LogP contribution is 2.28. The average molecular weight is 422 g/mol. The molecule has 0 unspecified atom stereocenters. The number of aromatic nitrogens is 2. The molecule has 1 aliphatic carbocycles. The van der Waals surface area contributed by atoms with E-state index in [1.54, 1.807) is 41.1 Å². The Morgan fingerprint density at radius 1 is 1.10 bits per heavy atom. The summed E-state index contributed by atoms with van der Waals surface area (Å²) in [4.78, 5) is 24.4. The number of likely N-dealkylation sites (N-methyl/N-ethyl adjacent to an activating group) is 1. The largest absolute Gasteiger partial charge is 0.484 e. The van der Waals surface area contributed by atoms with Crippen LogP contribution >= 0.6 is 0 Å². The Bertz CT molecular complexity index is 1090. The maximum Gasteiger partial charge on any atom is 0.276 e. The van der Waals surface area contributed by atoms with Gasteiger partial charge < -0.3 is 15.4 Å². The summed E-state index contributed by atoms with van der Waals surface area (Å²) in [5, 5.41) is 10.0. The lowest BCUT2D eigenvalue weighted by Crippen LogP contribution is -2.28. The molecule has 0 radical (unpaired) electrons. The van der Waals surface area contributed by atoms with Crippen molar-refractivity contribution in [3.05, 3.63) is 71.3 Å². The van der Waals surface area contributed by atoms with Crippen molar-refractivity contribution >= 4 is 17.5 Å². The number of carbonyl (C=O) groups excluding carboxylic acids is 2. The summed E-state index contributed by atoms with van der Waals surface area (Å²) < 4.78 is 20.4.